The second kappa shape index (κ2) is 9.49. The maximum absolute atomic E-state index is 13.2. The van der Waals surface area contributed by atoms with Gasteiger partial charge in [0.25, 0.3) is 0 Å². The molecule has 4 rings (SSSR count). The Morgan fingerprint density at radius 2 is 0.633 bits per heavy atom. The third kappa shape index (κ3) is 4.71. The molecule has 0 fully saturated rings. The average Bonchev–Trinajstić information content (AvgIpc) is 2.83. The first-order chi connectivity index (χ1) is 14.8. The number of carbonyl (C=O) groups excluding carboxylic acids is 1. The summed E-state index contributed by atoms with van der Waals surface area (Å²) in [6.45, 7) is 0. The number of carbonyl (C=O) groups is 1. The van der Waals surface area contributed by atoms with Crippen molar-refractivity contribution in [1.82, 2.24) is 0 Å². The van der Waals surface area contributed by atoms with Gasteiger partial charge in [-0.15, -0.1) is 0 Å². The van der Waals surface area contributed by atoms with Crippen molar-refractivity contribution in [3.05, 3.63) is 156 Å². The summed E-state index contributed by atoms with van der Waals surface area (Å²) in [5.74, 6) is -0.0413. The van der Waals surface area contributed by atoms with Crippen molar-refractivity contribution < 1.29 is 4.79 Å². The molecule has 0 aliphatic rings. The van der Waals surface area contributed by atoms with Gasteiger partial charge in [-0.25, -0.2) is 0 Å². The van der Waals surface area contributed by atoms with E-state index in [0.29, 0.717) is 0 Å². The summed E-state index contributed by atoms with van der Waals surface area (Å²) in [6, 6.07) is 40.1. The molecule has 0 bridgehead atoms. The fraction of sp³-hybridized carbons (Fsp3) is 0. The smallest absolute Gasteiger partial charge is 0.179 e. The van der Waals surface area contributed by atoms with E-state index in [1.165, 1.54) is 0 Å². The molecule has 0 aliphatic heterocycles. The Labute approximate surface area is 177 Å². The molecule has 4 aromatic rings. The lowest BCUT2D eigenvalue weighted by atomic mass is 9.94. The summed E-state index contributed by atoms with van der Waals surface area (Å²) >= 11 is 0. The van der Waals surface area contributed by atoms with E-state index in [4.69, 9.17) is 0 Å². The van der Waals surface area contributed by atoms with Crippen molar-refractivity contribution in [2.45, 2.75) is 0 Å². The minimum Gasteiger partial charge on any atom is -0.290 e. The van der Waals surface area contributed by atoms with Crippen LogP contribution in [0.5, 0.6) is 0 Å². The molecule has 0 heterocycles. The van der Waals surface area contributed by atoms with Crippen LogP contribution in [-0.2, 0) is 4.79 Å². The van der Waals surface area contributed by atoms with E-state index in [0.717, 1.165) is 33.4 Å². The summed E-state index contributed by atoms with van der Waals surface area (Å²) in [6.07, 6.45) is 3.47. The summed E-state index contributed by atoms with van der Waals surface area (Å²) < 4.78 is 0. The van der Waals surface area contributed by atoms with Crippen LogP contribution in [0.2, 0.25) is 0 Å². The molecule has 1 nitrogen and oxygen atoms in total. The molecule has 4 aromatic carbocycles. The largest absolute Gasteiger partial charge is 0.290 e. The van der Waals surface area contributed by atoms with Crippen molar-refractivity contribution in [3.8, 4) is 0 Å². The highest BCUT2D eigenvalue weighted by Gasteiger charge is 2.10. The van der Waals surface area contributed by atoms with Gasteiger partial charge in [0, 0.05) is 0 Å². The number of benzene rings is 4. The highest BCUT2D eigenvalue weighted by molar-refractivity contribution is 6.11. The number of hydrogen-bond donors (Lipinski definition) is 0. The number of hydrogen-bond acceptors (Lipinski definition) is 1. The van der Waals surface area contributed by atoms with E-state index in [9.17, 15) is 4.79 Å². The van der Waals surface area contributed by atoms with E-state index in [-0.39, 0.29) is 5.78 Å². The van der Waals surface area contributed by atoms with Gasteiger partial charge in [0.1, 0.15) is 0 Å². The molecular weight excluding hydrogens is 364 g/mol. The fourth-order valence-corrected chi connectivity index (χ4v) is 3.46. The predicted molar refractivity (Wildman–Crippen MR) is 125 cm³/mol. The topological polar surface area (TPSA) is 17.1 Å². The molecule has 0 aliphatic carbocycles. The Hall–Kier alpha value is -3.97. The third-order valence-electron chi connectivity index (χ3n) is 4.91. The SMILES string of the molecule is O=C(C=C(c1ccccc1)c1ccccc1)C=C(c1ccccc1)c1ccccc1. The molecule has 0 amide bonds. The second-order valence-corrected chi connectivity index (χ2v) is 6.98. The maximum atomic E-state index is 13.2. The van der Waals surface area contributed by atoms with Crippen LogP contribution >= 0.6 is 0 Å². The van der Waals surface area contributed by atoms with Crippen LogP contribution in [-0.4, -0.2) is 5.78 Å². The van der Waals surface area contributed by atoms with Gasteiger partial charge in [0.05, 0.1) is 0 Å². The zero-order valence-electron chi connectivity index (χ0n) is 16.6. The molecule has 0 saturated heterocycles. The summed E-state index contributed by atoms with van der Waals surface area (Å²) in [5.41, 5.74) is 5.91. The van der Waals surface area contributed by atoms with Gasteiger partial charge in [-0.05, 0) is 45.6 Å². The molecule has 0 N–H and O–H groups in total. The standard InChI is InChI=1S/C29H22O/c30-27(21-28(23-13-5-1-6-14-23)24-15-7-2-8-16-24)22-29(25-17-9-3-10-18-25)26-19-11-4-12-20-26/h1-22H. The lowest BCUT2D eigenvalue weighted by Gasteiger charge is -2.10. The number of ketones is 1. The van der Waals surface area contributed by atoms with Crippen molar-refractivity contribution in [3.63, 3.8) is 0 Å². The lowest BCUT2D eigenvalue weighted by Crippen LogP contribution is -1.97. The zero-order chi connectivity index (χ0) is 20.6. The molecule has 0 saturated carbocycles. The average molecular weight is 386 g/mol. The highest BCUT2D eigenvalue weighted by atomic mass is 16.1. The van der Waals surface area contributed by atoms with Crippen LogP contribution in [0.3, 0.4) is 0 Å². The molecule has 0 spiro atoms. The van der Waals surface area contributed by atoms with Crippen LogP contribution in [0.15, 0.2) is 133 Å². The van der Waals surface area contributed by atoms with Crippen LogP contribution in [0.25, 0.3) is 11.1 Å². The Morgan fingerprint density at radius 1 is 0.400 bits per heavy atom. The first-order valence-electron chi connectivity index (χ1n) is 10.0. The monoisotopic (exact) mass is 386 g/mol. The van der Waals surface area contributed by atoms with E-state index in [2.05, 4.69) is 0 Å². The lowest BCUT2D eigenvalue weighted by molar-refractivity contribution is -0.110. The van der Waals surface area contributed by atoms with Gasteiger partial charge in [-0.3, -0.25) is 4.79 Å². The van der Waals surface area contributed by atoms with Crippen LogP contribution < -0.4 is 0 Å². The summed E-state index contributed by atoms with van der Waals surface area (Å²) in [4.78, 5) is 13.2. The normalized spacial score (nSPS) is 10.1. The highest BCUT2D eigenvalue weighted by Crippen LogP contribution is 2.26. The summed E-state index contributed by atoms with van der Waals surface area (Å²) in [7, 11) is 0. The van der Waals surface area contributed by atoms with E-state index in [1.54, 1.807) is 12.2 Å². The van der Waals surface area contributed by atoms with Gasteiger partial charge in [-0.2, -0.15) is 0 Å². The van der Waals surface area contributed by atoms with E-state index < -0.39 is 0 Å². The van der Waals surface area contributed by atoms with Gasteiger partial charge in [0.2, 0.25) is 0 Å². The Bertz CT molecular complexity index is 978. The summed E-state index contributed by atoms with van der Waals surface area (Å²) in [5, 5.41) is 0. The maximum Gasteiger partial charge on any atom is 0.179 e. The van der Waals surface area contributed by atoms with Crippen molar-refractivity contribution in [2.24, 2.45) is 0 Å². The van der Waals surface area contributed by atoms with Crippen molar-refractivity contribution in [2.75, 3.05) is 0 Å². The van der Waals surface area contributed by atoms with Crippen molar-refractivity contribution >= 4 is 16.9 Å². The molecule has 0 radical (unpaired) electrons. The van der Waals surface area contributed by atoms with Gasteiger partial charge in [-0.1, -0.05) is 121 Å². The number of allylic oxidation sites excluding steroid dienone is 2. The molecular formula is C29H22O. The van der Waals surface area contributed by atoms with Crippen LogP contribution in [0.1, 0.15) is 22.3 Å². The Morgan fingerprint density at radius 3 is 0.867 bits per heavy atom. The fourth-order valence-electron chi connectivity index (χ4n) is 3.46. The molecule has 0 atom stereocenters. The number of rotatable bonds is 6. The van der Waals surface area contributed by atoms with E-state index in [1.807, 2.05) is 121 Å². The van der Waals surface area contributed by atoms with Gasteiger partial charge < -0.3 is 0 Å². The van der Waals surface area contributed by atoms with Crippen LogP contribution in [0.4, 0.5) is 0 Å². The zero-order valence-corrected chi connectivity index (χ0v) is 16.6. The molecule has 0 unspecified atom stereocenters. The third-order valence-corrected chi connectivity index (χ3v) is 4.91. The van der Waals surface area contributed by atoms with Crippen molar-refractivity contribution in [1.29, 1.82) is 0 Å². The first kappa shape index (κ1) is 19.4. The second-order valence-electron chi connectivity index (χ2n) is 6.98. The van der Waals surface area contributed by atoms with Crippen LogP contribution in [0, 0.1) is 0 Å². The minimum absolute atomic E-state index is 0.0413. The van der Waals surface area contributed by atoms with Gasteiger partial charge in [0.15, 0.2) is 5.78 Å². The Balaban J connectivity index is 1.80. The Kier molecular flexibility index (Phi) is 6.12. The molecule has 1 heteroatoms. The quantitative estimate of drug-likeness (QED) is 0.332. The van der Waals surface area contributed by atoms with E-state index >= 15 is 0 Å². The minimum atomic E-state index is -0.0413. The van der Waals surface area contributed by atoms with Gasteiger partial charge >= 0.3 is 0 Å². The first-order valence-corrected chi connectivity index (χ1v) is 10.0. The molecule has 30 heavy (non-hydrogen) atoms. The molecule has 0 aromatic heterocycles. The predicted octanol–water partition coefficient (Wildman–Crippen LogP) is 6.82. The molecule has 144 valence electrons.